The number of nitrogens with zero attached hydrogens (tertiary/aromatic N) is 8. The largest absolute Gasteiger partial charge is 0.554 e. The normalized spacial score (nSPS) is 20.6. The summed E-state index contributed by atoms with van der Waals surface area (Å²) in [7, 11) is 0. The van der Waals surface area contributed by atoms with Gasteiger partial charge in [0.05, 0.1) is 88.2 Å². The van der Waals surface area contributed by atoms with Crippen molar-refractivity contribution in [2.24, 2.45) is 5.92 Å². The lowest BCUT2D eigenvalue weighted by molar-refractivity contribution is -0.688. The van der Waals surface area contributed by atoms with Crippen molar-refractivity contribution in [1.29, 1.82) is 0 Å². The second-order valence-electron chi connectivity index (χ2n) is 40.5. The highest BCUT2D eigenvalue weighted by Crippen LogP contribution is 2.41. The highest BCUT2D eigenvalue weighted by atomic mass is 35.5. The Kier molecular flexibility index (Phi) is 35.6. The van der Waals surface area contributed by atoms with E-state index in [2.05, 4.69) is 113 Å². The molecule has 4 aliphatic carbocycles. The van der Waals surface area contributed by atoms with E-state index in [1.54, 1.807) is 56.0 Å². The van der Waals surface area contributed by atoms with Crippen LogP contribution in [0.25, 0.3) is 0 Å². The fraction of sp³-hybridized carbons (Fsp3) is 0.417. The monoisotopic (exact) mass is 2010 g/mol. The fourth-order valence-electron chi connectivity index (χ4n) is 21.1. The number of carboxylic acid groups (broad SMARTS) is 1. The van der Waals surface area contributed by atoms with Gasteiger partial charge in [-0.05, 0) is 199 Å². The maximum absolute atomic E-state index is 13.1. The number of nitrogen functional groups attached to an aromatic ring is 1. The van der Waals surface area contributed by atoms with Crippen molar-refractivity contribution in [1.82, 2.24) is 34.3 Å². The Morgan fingerprint density at radius 2 is 0.705 bits per heavy atom. The molecule has 7 aliphatic heterocycles. The summed E-state index contributed by atoms with van der Waals surface area (Å²) in [6.07, 6.45) is 13.7. The molecule has 5 amide bonds. The number of rotatable bonds is 24. The zero-order valence-electron chi connectivity index (χ0n) is 83.5. The Balaban J connectivity index is 0.000000145. The van der Waals surface area contributed by atoms with Crippen molar-refractivity contribution in [3.05, 3.63) is 283 Å². The molecule has 0 bridgehead atoms. The number of pyridine rings is 1. The quantitative estimate of drug-likeness (QED) is 0.0333. The maximum Gasteiger partial charge on any atom is 0.410 e. The van der Waals surface area contributed by atoms with Crippen molar-refractivity contribution in [3.8, 4) is 23.0 Å². The first kappa shape index (κ1) is 106. The molecule has 0 spiro atoms. The van der Waals surface area contributed by atoms with Crippen molar-refractivity contribution < 1.29 is 105 Å². The van der Waals surface area contributed by atoms with Crippen molar-refractivity contribution in [2.75, 3.05) is 45.0 Å². The number of morpholine rings is 1. The van der Waals surface area contributed by atoms with Crippen LogP contribution in [-0.2, 0) is 131 Å². The van der Waals surface area contributed by atoms with Crippen LogP contribution in [0.5, 0.6) is 23.0 Å². The van der Waals surface area contributed by atoms with Gasteiger partial charge < -0.3 is 68.6 Å². The molecule has 20 rings (SSSR count). The number of hydrogen-bond acceptors (Lipinski definition) is 24. The van der Waals surface area contributed by atoms with Gasteiger partial charge in [-0.1, -0.05) is 128 Å². The van der Waals surface area contributed by atoms with Crippen LogP contribution in [0.1, 0.15) is 252 Å². The molecule has 30 nitrogen and oxygen atoms in total. The summed E-state index contributed by atoms with van der Waals surface area (Å²) >= 11 is 0. The molecule has 146 heavy (non-hydrogen) atoms. The summed E-state index contributed by atoms with van der Waals surface area (Å²) < 4.78 is 37.9. The zero-order chi connectivity index (χ0) is 102. The Labute approximate surface area is 856 Å². The minimum absolute atomic E-state index is 0. The molecule has 9 aromatic rings. The average molecular weight is 2010 g/mol. The molecule has 3 saturated heterocycles. The van der Waals surface area contributed by atoms with E-state index in [1.165, 1.54) is 49.0 Å². The van der Waals surface area contributed by atoms with Crippen LogP contribution >= 0.6 is 12.4 Å². The highest BCUT2D eigenvalue weighted by Gasteiger charge is 2.46. The number of likely N-dealkylation sites (tertiary alicyclic amines) is 2. The standard InChI is InChI=1S/C32H38N2O6.C28H32N2O5.C27H25N3O4.C27H30N2O4.CH2O2.ClH/c1-32(2,3)40-31(38)33-15-13-22(14-16-33)17-21-7-9-23(10-8-21)20-39-29-6-4-5-25-26(29)19-34(30(25)37)27-12-11-24(35)18-28(27)36;1-18-13-29(14-19(2)35-18)15-20-6-8-21(9-7-20)17-34-27-5-3-4-23-24(27)16-30(28(23)33)25-11-10-22(31)12-26(25)32;28-20-10-12-29(13-11-20)15-18-4-6-19(7-5-18)17-34-26-3-1-2-22-23(26)16-30(27(22)33)24-9-8-21(31)14-25(24)32;30-21-11-12-24(25(31)15-21)29-17-23-22(27(29)32)5-4-6-26(23)33-18-20-9-7-19(8-10-20)16-28-13-2-1-3-14-28;2-1-3;/h4-10,22,27H,11-20H2,1-3H3;3-9,18-19,25H,10-17H2,1-2H3;1-7,10-13,24,28H,8-9,14-17H2;4-10,24H,1-3,11-18H2;1H,(H,2,3);1H/t;18-,19+,25?;;;;. The third-order valence-corrected chi connectivity index (χ3v) is 28.6. The first-order valence-electron chi connectivity index (χ1n) is 50.5. The molecule has 7 fully saturated rings. The second kappa shape index (κ2) is 48.8. The maximum atomic E-state index is 13.1. The smallest absolute Gasteiger partial charge is 0.410 e. The fourth-order valence-corrected chi connectivity index (χ4v) is 21.1. The predicted octanol–water partition coefficient (Wildman–Crippen LogP) is 14.1. The van der Waals surface area contributed by atoms with Gasteiger partial charge in [0.1, 0.15) is 78.2 Å². The summed E-state index contributed by atoms with van der Waals surface area (Å²) in [6, 6.07) is 57.1. The summed E-state index contributed by atoms with van der Waals surface area (Å²) in [6.45, 7) is 20.6. The number of halogens is 1. The number of carbonyl (C=O) groups is 14. The second-order valence-corrected chi connectivity index (χ2v) is 40.5. The van der Waals surface area contributed by atoms with Crippen LogP contribution in [0.15, 0.2) is 194 Å². The molecule has 1 aromatic heterocycles. The number of Topliss-reactive ketones (excluding diaryl/α,β-unsaturated/α-hetero) is 8. The third-order valence-electron chi connectivity index (χ3n) is 28.6. The molecule has 4 unspecified atom stereocenters. The minimum Gasteiger partial charge on any atom is -0.554 e. The number of aromatic nitrogens is 1. The number of amides is 5. The molecule has 4 saturated carbocycles. The summed E-state index contributed by atoms with van der Waals surface area (Å²) in [5, 5.41) is 8.25. The van der Waals surface area contributed by atoms with E-state index in [-0.39, 0.29) is 126 Å². The van der Waals surface area contributed by atoms with E-state index in [1.807, 2.05) is 98.7 Å². The van der Waals surface area contributed by atoms with Crippen LogP contribution in [0.3, 0.4) is 0 Å². The number of fused-ring (bicyclic) bond motifs is 4. The first-order chi connectivity index (χ1) is 69.9. The molecule has 6 atom stereocenters. The van der Waals surface area contributed by atoms with Crippen LogP contribution in [0.4, 0.5) is 10.5 Å². The van der Waals surface area contributed by atoms with Crippen LogP contribution in [0, 0.1) is 5.92 Å². The van der Waals surface area contributed by atoms with Gasteiger partial charge in [0.15, 0.2) is 42.1 Å². The number of anilines is 1. The van der Waals surface area contributed by atoms with Gasteiger partial charge in [-0.15, -0.1) is 12.4 Å². The van der Waals surface area contributed by atoms with Crippen LogP contribution < -0.4 is 34.4 Å². The SMILES string of the molecule is CC(C)(C)OC(=O)N1CCC(Cc2ccc(COc3cccc4c3CN(C3CCC(=O)CC3=O)C4=O)cc2)CC1.C[C@@H]1CN(Cc2ccc(COc3cccc4c3CN(C3CCC(=O)CC3=O)C4=O)cc2)C[C@H](C)O1.Cl.Nc1cc[n+](Cc2ccc(COc3cccc4c3CN(C3CCC(=O)CC3=O)C4=O)cc2)cc1.O=C1CCC(N2Cc3c(OCc4ccc(CN5CCCCC5)cc4)cccc3C2=O)C(=O)C1.O=C[O-]. The van der Waals surface area contributed by atoms with Crippen molar-refractivity contribution in [3.63, 3.8) is 0 Å². The van der Waals surface area contributed by atoms with Gasteiger partial charge in [0.25, 0.3) is 23.6 Å². The van der Waals surface area contributed by atoms with E-state index in [4.69, 9.17) is 44.1 Å². The molecule has 8 aromatic carbocycles. The molecular formula is C115H128ClN9O21. The Hall–Kier alpha value is -13.9. The Morgan fingerprint density at radius 3 is 1.02 bits per heavy atom. The third kappa shape index (κ3) is 27.0. The molecule has 11 aliphatic rings. The lowest BCUT2D eigenvalue weighted by Crippen LogP contribution is -2.44. The van der Waals surface area contributed by atoms with Gasteiger partial charge >= 0.3 is 6.09 Å². The average Bonchev–Trinajstić information content (AvgIpc) is 1.64. The summed E-state index contributed by atoms with van der Waals surface area (Å²) in [4.78, 5) is 182. The van der Waals surface area contributed by atoms with Crippen LogP contribution in [0.2, 0.25) is 0 Å². The lowest BCUT2D eigenvalue weighted by Gasteiger charge is -2.35. The van der Waals surface area contributed by atoms with Crippen LogP contribution in [-0.4, -0.2) is 198 Å². The summed E-state index contributed by atoms with van der Waals surface area (Å²) in [5.41, 5.74) is 20.7. The topological polar surface area (TPSA) is 370 Å². The van der Waals surface area contributed by atoms with Gasteiger partial charge in [-0.25, -0.2) is 9.36 Å². The van der Waals surface area contributed by atoms with E-state index in [0.29, 0.717) is 155 Å². The van der Waals surface area contributed by atoms with Gasteiger partial charge in [-0.2, -0.15) is 0 Å². The molecule has 31 heteroatoms. The Morgan fingerprint density at radius 1 is 0.404 bits per heavy atom. The number of ketones is 8. The lowest BCUT2D eigenvalue weighted by atomic mass is 9.90. The van der Waals surface area contributed by atoms with E-state index in [0.717, 1.165) is 121 Å². The van der Waals surface area contributed by atoms with Gasteiger partial charge in [0.2, 0.25) is 0 Å². The first-order valence-corrected chi connectivity index (χ1v) is 50.5. The number of ether oxygens (including phenoxy) is 6. The number of carbonyl (C=O) groups excluding carboxylic acids is 14. The number of piperidine rings is 2. The predicted molar refractivity (Wildman–Crippen MR) is 541 cm³/mol. The number of hydrogen-bond donors (Lipinski definition) is 1. The van der Waals surface area contributed by atoms with Crippen molar-refractivity contribution in [2.45, 2.75) is 264 Å². The molecule has 766 valence electrons. The molecular weight excluding hydrogens is 1880 g/mol. The van der Waals surface area contributed by atoms with Crippen molar-refractivity contribution >= 4 is 101 Å². The minimum atomic E-state index is -0.539. The number of nitrogens with two attached hydrogens (primary N) is 1. The molecule has 2 N–H and O–H groups in total. The van der Waals surface area contributed by atoms with E-state index < -0.39 is 36.2 Å². The summed E-state index contributed by atoms with van der Waals surface area (Å²) in [5.74, 6) is 1.69. The van der Waals surface area contributed by atoms with E-state index in [9.17, 15) is 62.3 Å². The molecule has 8 heterocycles. The molecule has 0 radical (unpaired) electrons. The van der Waals surface area contributed by atoms with Gasteiger partial charge in [0, 0.05) is 139 Å². The van der Waals surface area contributed by atoms with Gasteiger partial charge in [-0.3, -0.25) is 67.3 Å². The number of benzene rings is 8. The zero-order valence-corrected chi connectivity index (χ0v) is 84.3. The van der Waals surface area contributed by atoms with E-state index >= 15 is 0 Å². The highest BCUT2D eigenvalue weighted by molar-refractivity contribution is 6.11. The Bertz CT molecular complexity index is 6280.